The van der Waals surface area contributed by atoms with E-state index < -0.39 is 5.97 Å². The van der Waals surface area contributed by atoms with Crippen LogP contribution in [0.5, 0.6) is 0 Å². The molecular formula is C13H15ClN2O3. The SMILES string of the molecule is O=C(O)CN(C(=O)c1cccnc1Cl)C1CCCC1. The second kappa shape index (κ2) is 6.02. The first kappa shape index (κ1) is 13.8. The lowest BCUT2D eigenvalue weighted by Gasteiger charge is -2.27. The summed E-state index contributed by atoms with van der Waals surface area (Å²) in [6.07, 6.45) is 5.23. The van der Waals surface area contributed by atoms with E-state index in [0.29, 0.717) is 0 Å². The maximum atomic E-state index is 12.4. The van der Waals surface area contributed by atoms with Crippen molar-refractivity contribution in [2.45, 2.75) is 31.7 Å². The number of hydrogen-bond acceptors (Lipinski definition) is 3. The summed E-state index contributed by atoms with van der Waals surface area (Å²) >= 11 is 5.90. The molecule has 1 amide bonds. The normalized spacial score (nSPS) is 15.4. The molecule has 0 aromatic carbocycles. The molecule has 0 unspecified atom stereocenters. The first-order chi connectivity index (χ1) is 9.09. The molecule has 1 N–H and O–H groups in total. The van der Waals surface area contributed by atoms with Gasteiger partial charge in [-0.1, -0.05) is 24.4 Å². The minimum absolute atomic E-state index is 0.0140. The van der Waals surface area contributed by atoms with Crippen LogP contribution in [0.4, 0.5) is 0 Å². The Kier molecular flexibility index (Phi) is 4.37. The van der Waals surface area contributed by atoms with Gasteiger partial charge in [0, 0.05) is 12.2 Å². The van der Waals surface area contributed by atoms with Crippen LogP contribution in [-0.2, 0) is 4.79 Å². The molecule has 0 spiro atoms. The minimum atomic E-state index is -1.01. The van der Waals surface area contributed by atoms with Gasteiger partial charge in [0.15, 0.2) is 0 Å². The molecule has 1 aliphatic rings. The minimum Gasteiger partial charge on any atom is -0.480 e. The van der Waals surface area contributed by atoms with Gasteiger partial charge in [0.1, 0.15) is 11.7 Å². The zero-order chi connectivity index (χ0) is 13.8. The van der Waals surface area contributed by atoms with Gasteiger partial charge in [-0.15, -0.1) is 0 Å². The van der Waals surface area contributed by atoms with Crippen LogP contribution in [0, 0.1) is 0 Å². The van der Waals surface area contributed by atoms with E-state index in [2.05, 4.69) is 4.98 Å². The summed E-state index contributed by atoms with van der Waals surface area (Å²) in [5, 5.41) is 9.08. The number of carboxylic acid groups (broad SMARTS) is 1. The molecule has 2 rings (SSSR count). The van der Waals surface area contributed by atoms with E-state index in [4.69, 9.17) is 16.7 Å². The molecule has 1 aliphatic carbocycles. The van der Waals surface area contributed by atoms with Crippen molar-refractivity contribution in [2.75, 3.05) is 6.54 Å². The number of nitrogens with zero attached hydrogens (tertiary/aromatic N) is 2. The van der Waals surface area contributed by atoms with E-state index in [0.717, 1.165) is 25.7 Å². The highest BCUT2D eigenvalue weighted by atomic mass is 35.5. The van der Waals surface area contributed by atoms with Crippen LogP contribution in [0.25, 0.3) is 0 Å². The largest absolute Gasteiger partial charge is 0.480 e. The fraction of sp³-hybridized carbons (Fsp3) is 0.462. The smallest absolute Gasteiger partial charge is 0.323 e. The molecule has 0 radical (unpaired) electrons. The zero-order valence-electron chi connectivity index (χ0n) is 10.4. The van der Waals surface area contributed by atoms with Crippen molar-refractivity contribution in [3.05, 3.63) is 29.0 Å². The van der Waals surface area contributed by atoms with E-state index in [1.807, 2.05) is 0 Å². The maximum absolute atomic E-state index is 12.4. The Morgan fingerprint density at radius 3 is 2.68 bits per heavy atom. The Morgan fingerprint density at radius 1 is 1.42 bits per heavy atom. The van der Waals surface area contributed by atoms with Gasteiger partial charge >= 0.3 is 5.97 Å². The lowest BCUT2D eigenvalue weighted by atomic mass is 10.1. The molecule has 1 fully saturated rings. The zero-order valence-corrected chi connectivity index (χ0v) is 11.1. The third-order valence-electron chi connectivity index (χ3n) is 3.32. The fourth-order valence-electron chi connectivity index (χ4n) is 2.43. The Balaban J connectivity index is 2.24. The highest BCUT2D eigenvalue weighted by Crippen LogP contribution is 2.26. The van der Waals surface area contributed by atoms with Crippen molar-refractivity contribution in [3.8, 4) is 0 Å². The maximum Gasteiger partial charge on any atom is 0.323 e. The van der Waals surface area contributed by atoms with Gasteiger partial charge in [-0.3, -0.25) is 9.59 Å². The second-order valence-electron chi connectivity index (χ2n) is 4.61. The Morgan fingerprint density at radius 2 is 2.11 bits per heavy atom. The van der Waals surface area contributed by atoms with Gasteiger partial charge in [0.25, 0.3) is 5.91 Å². The number of carbonyl (C=O) groups excluding carboxylic acids is 1. The predicted molar refractivity (Wildman–Crippen MR) is 70.2 cm³/mol. The van der Waals surface area contributed by atoms with Gasteiger partial charge in [0.2, 0.25) is 0 Å². The van der Waals surface area contributed by atoms with Gasteiger partial charge in [-0.2, -0.15) is 0 Å². The Hall–Kier alpha value is -1.62. The molecule has 0 bridgehead atoms. The molecule has 1 aromatic rings. The average molecular weight is 283 g/mol. The molecule has 1 saturated carbocycles. The molecule has 1 aromatic heterocycles. The van der Waals surface area contributed by atoms with E-state index >= 15 is 0 Å². The van der Waals surface area contributed by atoms with Crippen molar-refractivity contribution in [1.82, 2.24) is 9.88 Å². The van der Waals surface area contributed by atoms with Crippen LogP contribution in [0.3, 0.4) is 0 Å². The molecule has 0 aliphatic heterocycles. The second-order valence-corrected chi connectivity index (χ2v) is 4.96. The van der Waals surface area contributed by atoms with Crippen molar-refractivity contribution < 1.29 is 14.7 Å². The number of hydrogen-bond donors (Lipinski definition) is 1. The van der Waals surface area contributed by atoms with Crippen LogP contribution in [0.15, 0.2) is 18.3 Å². The lowest BCUT2D eigenvalue weighted by Crippen LogP contribution is -2.42. The van der Waals surface area contributed by atoms with Gasteiger partial charge in [0.05, 0.1) is 5.56 Å². The van der Waals surface area contributed by atoms with Crippen LogP contribution in [-0.4, -0.2) is 39.5 Å². The molecule has 19 heavy (non-hydrogen) atoms. The molecule has 0 atom stereocenters. The van der Waals surface area contributed by atoms with Crippen molar-refractivity contribution in [3.63, 3.8) is 0 Å². The Bertz CT molecular complexity index is 487. The Labute approximate surface area is 116 Å². The van der Waals surface area contributed by atoms with Gasteiger partial charge < -0.3 is 10.0 Å². The number of rotatable bonds is 4. The number of aromatic nitrogens is 1. The van der Waals surface area contributed by atoms with E-state index in [9.17, 15) is 9.59 Å². The van der Waals surface area contributed by atoms with Crippen molar-refractivity contribution >= 4 is 23.5 Å². The molecular weight excluding hydrogens is 268 g/mol. The van der Waals surface area contributed by atoms with E-state index in [1.54, 1.807) is 12.1 Å². The molecule has 102 valence electrons. The van der Waals surface area contributed by atoms with Gasteiger partial charge in [-0.05, 0) is 25.0 Å². The number of pyridine rings is 1. The van der Waals surface area contributed by atoms with Crippen LogP contribution in [0.1, 0.15) is 36.0 Å². The highest BCUT2D eigenvalue weighted by molar-refractivity contribution is 6.32. The molecule has 6 heteroatoms. The number of halogens is 1. The summed E-state index contributed by atoms with van der Waals surface area (Å²) < 4.78 is 0. The van der Waals surface area contributed by atoms with Crippen molar-refractivity contribution in [1.29, 1.82) is 0 Å². The molecule has 5 nitrogen and oxygen atoms in total. The first-order valence-corrected chi connectivity index (χ1v) is 6.60. The van der Waals surface area contributed by atoms with Crippen molar-refractivity contribution in [2.24, 2.45) is 0 Å². The van der Waals surface area contributed by atoms with E-state index in [-0.39, 0.29) is 29.2 Å². The van der Waals surface area contributed by atoms with Crippen LogP contribution in [0.2, 0.25) is 5.15 Å². The monoisotopic (exact) mass is 282 g/mol. The third-order valence-corrected chi connectivity index (χ3v) is 3.62. The average Bonchev–Trinajstić information content (AvgIpc) is 2.89. The summed E-state index contributed by atoms with van der Waals surface area (Å²) in [4.78, 5) is 28.6. The number of aliphatic carboxylic acids is 1. The van der Waals surface area contributed by atoms with Gasteiger partial charge in [-0.25, -0.2) is 4.98 Å². The summed E-state index contributed by atoms with van der Waals surface area (Å²) in [6.45, 7) is -0.297. The summed E-state index contributed by atoms with van der Waals surface area (Å²) in [6, 6.07) is 3.17. The number of carboxylic acids is 1. The highest BCUT2D eigenvalue weighted by Gasteiger charge is 2.30. The molecule has 0 saturated heterocycles. The first-order valence-electron chi connectivity index (χ1n) is 6.23. The van der Waals surface area contributed by atoms with Crippen LogP contribution >= 0.6 is 11.6 Å². The topological polar surface area (TPSA) is 70.5 Å². The quantitative estimate of drug-likeness (QED) is 0.860. The third kappa shape index (κ3) is 3.23. The molecule has 1 heterocycles. The van der Waals surface area contributed by atoms with Crippen LogP contribution < -0.4 is 0 Å². The van der Waals surface area contributed by atoms with E-state index in [1.165, 1.54) is 11.1 Å². The summed E-state index contributed by atoms with van der Waals surface area (Å²) in [7, 11) is 0. The number of amides is 1. The summed E-state index contributed by atoms with van der Waals surface area (Å²) in [5.74, 6) is -1.37. The summed E-state index contributed by atoms with van der Waals surface area (Å²) in [5.41, 5.74) is 0.261. The fourth-order valence-corrected chi connectivity index (χ4v) is 2.63. The lowest BCUT2D eigenvalue weighted by molar-refractivity contribution is -0.138. The number of carbonyl (C=O) groups is 2. The standard InChI is InChI=1S/C13H15ClN2O3/c14-12-10(6-3-7-15-12)13(19)16(8-11(17)18)9-4-1-2-5-9/h3,6-7,9H,1-2,4-5,8H2,(H,17,18). The predicted octanol–water partition coefficient (Wildman–Crippen LogP) is 2.20.